The fourth-order valence-corrected chi connectivity index (χ4v) is 6.74. The third-order valence-corrected chi connectivity index (χ3v) is 9.23. The number of hydrogen-bond acceptors (Lipinski definition) is 4. The Bertz CT molecular complexity index is 2600. The minimum atomic E-state index is -0.743. The van der Waals surface area contributed by atoms with Crippen molar-refractivity contribution in [2.75, 3.05) is 0 Å². The first kappa shape index (κ1) is 28.0. The van der Waals surface area contributed by atoms with Gasteiger partial charge < -0.3 is 14.3 Å². The van der Waals surface area contributed by atoms with Crippen molar-refractivity contribution in [2.24, 2.45) is 0 Å². The molecular formula is C44H28O4. The molecule has 4 heteroatoms. The van der Waals surface area contributed by atoms with Crippen molar-refractivity contribution in [3.8, 4) is 56.0 Å². The van der Waals surface area contributed by atoms with Crippen LogP contribution >= 0.6 is 0 Å². The molecule has 0 bridgehead atoms. The summed E-state index contributed by atoms with van der Waals surface area (Å²) in [4.78, 5) is 13.3. The van der Waals surface area contributed by atoms with Crippen LogP contribution in [0.5, 0.6) is 11.5 Å². The highest BCUT2D eigenvalue weighted by Crippen LogP contribution is 2.44. The summed E-state index contributed by atoms with van der Waals surface area (Å²) in [6.45, 7) is 0. The van der Waals surface area contributed by atoms with Gasteiger partial charge in [0.25, 0.3) is 0 Å². The highest BCUT2D eigenvalue weighted by Gasteiger charge is 2.25. The molecule has 0 amide bonds. The Morgan fingerprint density at radius 1 is 0.417 bits per heavy atom. The quantitative estimate of drug-likeness (QED) is 0.199. The van der Waals surface area contributed by atoms with Gasteiger partial charge in [0.1, 0.15) is 28.8 Å². The third-order valence-electron chi connectivity index (χ3n) is 9.23. The van der Waals surface area contributed by atoms with Crippen molar-refractivity contribution in [1.82, 2.24) is 0 Å². The molecule has 0 spiro atoms. The van der Waals surface area contributed by atoms with E-state index in [0.29, 0.717) is 33.4 Å². The lowest BCUT2D eigenvalue weighted by Gasteiger charge is -2.25. The number of rotatable bonds is 4. The van der Waals surface area contributed by atoms with Gasteiger partial charge in [-0.3, -0.25) is 4.79 Å². The summed E-state index contributed by atoms with van der Waals surface area (Å²) < 4.78 is 12.1. The summed E-state index contributed by atoms with van der Waals surface area (Å²) in [6, 6.07) is 52.2. The molecule has 1 aliphatic rings. The minimum absolute atomic E-state index is 0.0231. The molecule has 1 atom stereocenters. The van der Waals surface area contributed by atoms with E-state index in [1.165, 1.54) is 0 Å². The van der Waals surface area contributed by atoms with Gasteiger partial charge in [-0.2, -0.15) is 0 Å². The lowest BCUT2D eigenvalue weighted by molar-refractivity contribution is 0.203. The summed E-state index contributed by atoms with van der Waals surface area (Å²) in [5.74, 6) is 1.37. The summed E-state index contributed by atoms with van der Waals surface area (Å²) in [5.41, 5.74) is 11.1. The van der Waals surface area contributed by atoms with E-state index in [2.05, 4.69) is 72.8 Å². The van der Waals surface area contributed by atoms with Crippen LogP contribution in [0.15, 0.2) is 167 Å². The molecule has 1 aliphatic heterocycles. The minimum Gasteiger partial charge on any atom is -0.457 e. The van der Waals surface area contributed by atoms with E-state index >= 15 is 0 Å². The molecule has 9 rings (SSSR count). The van der Waals surface area contributed by atoms with Gasteiger partial charge >= 0.3 is 0 Å². The topological polar surface area (TPSA) is 59.7 Å². The zero-order chi connectivity index (χ0) is 32.2. The van der Waals surface area contributed by atoms with Gasteiger partial charge in [0.05, 0.1) is 10.8 Å². The van der Waals surface area contributed by atoms with Crippen LogP contribution in [-0.4, -0.2) is 5.11 Å². The fourth-order valence-electron chi connectivity index (χ4n) is 6.74. The van der Waals surface area contributed by atoms with Crippen LogP contribution in [0.3, 0.4) is 0 Å². The largest absolute Gasteiger partial charge is 0.457 e. The van der Waals surface area contributed by atoms with E-state index in [1.54, 1.807) is 0 Å². The summed E-state index contributed by atoms with van der Waals surface area (Å²) in [6.07, 6.45) is -0.743. The molecule has 0 aliphatic carbocycles. The van der Waals surface area contributed by atoms with E-state index in [1.807, 2.05) is 84.9 Å². The predicted octanol–water partition coefficient (Wildman–Crippen LogP) is 10.8. The second-order valence-electron chi connectivity index (χ2n) is 12.2. The van der Waals surface area contributed by atoms with Crippen LogP contribution in [-0.2, 0) is 0 Å². The molecule has 48 heavy (non-hydrogen) atoms. The van der Waals surface area contributed by atoms with E-state index in [0.717, 1.165) is 55.6 Å². The molecule has 4 nitrogen and oxygen atoms in total. The van der Waals surface area contributed by atoms with E-state index in [9.17, 15) is 9.90 Å². The van der Waals surface area contributed by atoms with E-state index in [-0.39, 0.29) is 5.43 Å². The van der Waals surface area contributed by atoms with Crippen molar-refractivity contribution < 1.29 is 14.3 Å². The Morgan fingerprint density at radius 2 is 0.917 bits per heavy atom. The Balaban J connectivity index is 1.04. The molecule has 0 fully saturated rings. The summed E-state index contributed by atoms with van der Waals surface area (Å²) in [7, 11) is 0. The fraction of sp³-hybridized carbons (Fsp3) is 0.0227. The zero-order valence-electron chi connectivity index (χ0n) is 25.8. The highest BCUT2D eigenvalue weighted by molar-refractivity contribution is 5.92. The maximum Gasteiger partial charge on any atom is 0.200 e. The molecule has 1 N–H and O–H groups in total. The van der Waals surface area contributed by atoms with Gasteiger partial charge in [-0.15, -0.1) is 0 Å². The second kappa shape index (κ2) is 11.2. The van der Waals surface area contributed by atoms with Gasteiger partial charge in [0.15, 0.2) is 0 Å². The Morgan fingerprint density at radius 3 is 1.58 bits per heavy atom. The molecule has 0 saturated heterocycles. The average molecular weight is 621 g/mol. The normalized spacial score (nSPS) is 13.6. The second-order valence-corrected chi connectivity index (χ2v) is 12.2. The first-order valence-corrected chi connectivity index (χ1v) is 16.0. The Labute approximate surface area is 276 Å². The van der Waals surface area contributed by atoms with Gasteiger partial charge in [0, 0.05) is 11.1 Å². The first-order valence-electron chi connectivity index (χ1n) is 16.0. The molecule has 7 aromatic carbocycles. The SMILES string of the molecule is O=c1c2ccccc2oc2ccc(-c3cccc(-c4cccc(-c5cccc(-c6ccc7c(c6)C(O)c6ccccc6O7)c5)c4)c3)cc12. The summed E-state index contributed by atoms with van der Waals surface area (Å²) >= 11 is 0. The van der Waals surface area contributed by atoms with Gasteiger partial charge in [-0.1, -0.05) is 97.1 Å². The Kier molecular flexibility index (Phi) is 6.56. The maximum atomic E-state index is 13.3. The molecule has 0 saturated carbocycles. The lowest BCUT2D eigenvalue weighted by Crippen LogP contribution is -2.09. The van der Waals surface area contributed by atoms with Crippen LogP contribution in [0.2, 0.25) is 0 Å². The molecule has 0 radical (unpaired) electrons. The lowest BCUT2D eigenvalue weighted by atomic mass is 9.92. The van der Waals surface area contributed by atoms with Crippen LogP contribution in [0.4, 0.5) is 0 Å². The zero-order valence-corrected chi connectivity index (χ0v) is 25.8. The maximum absolute atomic E-state index is 13.3. The van der Waals surface area contributed by atoms with Gasteiger partial charge in [0.2, 0.25) is 5.43 Å². The van der Waals surface area contributed by atoms with E-state index < -0.39 is 6.10 Å². The van der Waals surface area contributed by atoms with Crippen LogP contribution in [0.1, 0.15) is 17.2 Å². The number of fused-ring (bicyclic) bond motifs is 4. The van der Waals surface area contributed by atoms with Crippen LogP contribution in [0.25, 0.3) is 66.4 Å². The van der Waals surface area contributed by atoms with Crippen LogP contribution < -0.4 is 10.2 Å². The van der Waals surface area contributed by atoms with Gasteiger partial charge in [-0.25, -0.2) is 0 Å². The standard InChI is InChI=1S/C44H28O4/c45-43-35-14-1-3-16-39(35)47-41-20-18-33(25-37(41)43)31-12-6-10-29(23-31)27-8-5-9-28(22-27)30-11-7-13-32(24-30)34-19-21-42-38(26-34)44(46)36-15-2-4-17-40(36)48-42/h1-26,43,45H. The number of benzene rings is 7. The highest BCUT2D eigenvalue weighted by atomic mass is 16.5. The number of hydrogen-bond donors (Lipinski definition) is 1. The number of para-hydroxylation sites is 2. The molecular weight excluding hydrogens is 592 g/mol. The summed E-state index contributed by atoms with van der Waals surface area (Å²) in [5, 5.41) is 12.3. The molecule has 1 unspecified atom stereocenters. The van der Waals surface area contributed by atoms with Gasteiger partial charge in [-0.05, 0) is 105 Å². The molecule has 8 aromatic rings. The third kappa shape index (κ3) is 4.79. The molecule has 228 valence electrons. The van der Waals surface area contributed by atoms with Crippen LogP contribution in [0, 0.1) is 0 Å². The number of aliphatic hydroxyl groups excluding tert-OH is 1. The average Bonchev–Trinajstić information content (AvgIpc) is 3.15. The first-order chi connectivity index (χ1) is 23.6. The molecule has 2 heterocycles. The molecule has 1 aromatic heterocycles. The smallest absolute Gasteiger partial charge is 0.200 e. The van der Waals surface area contributed by atoms with Crippen molar-refractivity contribution in [3.05, 3.63) is 179 Å². The monoisotopic (exact) mass is 620 g/mol. The van der Waals surface area contributed by atoms with Crippen molar-refractivity contribution >= 4 is 21.9 Å². The Hall–Kier alpha value is -6.23. The number of aliphatic hydroxyl groups is 1. The van der Waals surface area contributed by atoms with Crippen molar-refractivity contribution in [1.29, 1.82) is 0 Å². The number of ether oxygens (including phenoxy) is 1. The predicted molar refractivity (Wildman–Crippen MR) is 192 cm³/mol. The van der Waals surface area contributed by atoms with E-state index in [4.69, 9.17) is 9.15 Å². The van der Waals surface area contributed by atoms with Crippen molar-refractivity contribution in [3.63, 3.8) is 0 Å². The van der Waals surface area contributed by atoms with Crippen molar-refractivity contribution in [2.45, 2.75) is 6.10 Å².